The van der Waals surface area contributed by atoms with Gasteiger partial charge in [0.15, 0.2) is 0 Å². The van der Waals surface area contributed by atoms with Gasteiger partial charge in [0.05, 0.1) is 12.8 Å². The number of nitrogens with zero attached hydrogens (tertiary/aromatic N) is 1. The molecule has 2 N–H and O–H groups in total. The quantitative estimate of drug-likeness (QED) is 0.842. The van der Waals surface area contributed by atoms with Crippen molar-refractivity contribution in [3.8, 4) is 5.75 Å². The van der Waals surface area contributed by atoms with Gasteiger partial charge in [-0.1, -0.05) is 0 Å². The number of aromatic nitrogens is 1. The second-order valence-corrected chi connectivity index (χ2v) is 6.32. The number of H-pyrrole nitrogens is 1. The van der Waals surface area contributed by atoms with Crippen LogP contribution in [0.1, 0.15) is 31.1 Å². The van der Waals surface area contributed by atoms with Gasteiger partial charge in [0.2, 0.25) is 5.91 Å². The lowest BCUT2D eigenvalue weighted by Crippen LogP contribution is -2.48. The molecule has 0 radical (unpaired) electrons. The summed E-state index contributed by atoms with van der Waals surface area (Å²) in [5, 5.41) is 4.25. The van der Waals surface area contributed by atoms with Crippen LogP contribution in [0.25, 0.3) is 10.9 Å². The van der Waals surface area contributed by atoms with E-state index in [0.717, 1.165) is 29.9 Å². The van der Waals surface area contributed by atoms with Crippen molar-refractivity contribution in [2.24, 2.45) is 0 Å². The Morgan fingerprint density at radius 1 is 1.38 bits per heavy atom. The van der Waals surface area contributed by atoms with Crippen molar-refractivity contribution < 1.29 is 9.53 Å². The van der Waals surface area contributed by atoms with Crippen LogP contribution in [0.5, 0.6) is 5.75 Å². The maximum absolute atomic E-state index is 12.4. The molecule has 0 spiro atoms. The van der Waals surface area contributed by atoms with Crippen LogP contribution < -0.4 is 10.1 Å². The van der Waals surface area contributed by atoms with Crippen molar-refractivity contribution in [2.45, 2.75) is 32.0 Å². The predicted octanol–water partition coefficient (Wildman–Crippen LogP) is 1.94. The van der Waals surface area contributed by atoms with Gasteiger partial charge in [-0.15, -0.1) is 0 Å². The first-order chi connectivity index (χ1) is 10.0. The summed E-state index contributed by atoms with van der Waals surface area (Å²) in [4.78, 5) is 18.1. The number of ether oxygens (including phenoxy) is 1. The number of aromatic amines is 1. The summed E-state index contributed by atoms with van der Waals surface area (Å²) in [5.74, 6) is 0.933. The number of carbonyl (C=O) groups is 1. The van der Waals surface area contributed by atoms with Crippen molar-refractivity contribution in [3.63, 3.8) is 0 Å². The number of carbonyl (C=O) groups excluding carboxylic acids is 1. The Kier molecular flexibility index (Phi) is 2.43. The number of fused-ring (bicyclic) bond motifs is 5. The topological polar surface area (TPSA) is 57.4 Å². The van der Waals surface area contributed by atoms with Crippen LogP contribution in [0.15, 0.2) is 18.2 Å². The Morgan fingerprint density at radius 3 is 2.95 bits per heavy atom. The van der Waals surface area contributed by atoms with Crippen LogP contribution in [-0.4, -0.2) is 35.1 Å². The maximum Gasteiger partial charge on any atom is 0.244 e. The molecule has 1 aromatic carbocycles. The van der Waals surface area contributed by atoms with Crippen molar-refractivity contribution in [1.29, 1.82) is 0 Å². The molecule has 1 unspecified atom stereocenters. The lowest BCUT2D eigenvalue weighted by atomic mass is 9.97. The van der Waals surface area contributed by atoms with E-state index in [2.05, 4.69) is 35.1 Å². The highest BCUT2D eigenvalue weighted by Gasteiger charge is 2.49. The van der Waals surface area contributed by atoms with E-state index < -0.39 is 0 Å². The largest absolute Gasteiger partial charge is 0.497 e. The molecule has 0 bridgehead atoms. The molecule has 1 saturated heterocycles. The highest BCUT2D eigenvalue weighted by molar-refractivity contribution is 5.92. The van der Waals surface area contributed by atoms with Crippen molar-refractivity contribution in [3.05, 3.63) is 29.5 Å². The minimum absolute atomic E-state index is 0.0828. The standard InChI is InChI=1S/C16H19N3O2/c1-16(2)18-15(20)14-13-10(6-7-19(14)16)11-8-9(21-3)4-5-12(11)17-13/h4-5,8,14,17H,6-7H2,1-3H3,(H,18,20). The van der Waals surface area contributed by atoms with Gasteiger partial charge in [0.25, 0.3) is 0 Å². The highest BCUT2D eigenvalue weighted by Crippen LogP contribution is 2.41. The zero-order valence-electron chi connectivity index (χ0n) is 12.5. The van der Waals surface area contributed by atoms with Crippen LogP contribution in [0.3, 0.4) is 0 Å². The van der Waals surface area contributed by atoms with Gasteiger partial charge in [-0.3, -0.25) is 9.69 Å². The molecule has 1 amide bonds. The number of methoxy groups -OCH3 is 1. The van der Waals surface area contributed by atoms with E-state index in [-0.39, 0.29) is 17.6 Å². The third-order valence-corrected chi connectivity index (χ3v) is 4.73. The van der Waals surface area contributed by atoms with Crippen LogP contribution in [-0.2, 0) is 11.2 Å². The van der Waals surface area contributed by atoms with Gasteiger partial charge in [0.1, 0.15) is 11.8 Å². The summed E-state index contributed by atoms with van der Waals surface area (Å²) in [6, 6.07) is 5.82. The van der Waals surface area contributed by atoms with Crippen LogP contribution in [0.2, 0.25) is 0 Å². The van der Waals surface area contributed by atoms with E-state index in [9.17, 15) is 4.79 Å². The van der Waals surface area contributed by atoms with Crippen molar-refractivity contribution in [1.82, 2.24) is 15.2 Å². The maximum atomic E-state index is 12.4. The third kappa shape index (κ3) is 1.64. The fourth-order valence-electron chi connectivity index (χ4n) is 3.71. The molecule has 2 aliphatic heterocycles. The van der Waals surface area contributed by atoms with Gasteiger partial charge < -0.3 is 15.0 Å². The average Bonchev–Trinajstić information content (AvgIpc) is 2.93. The summed E-state index contributed by atoms with van der Waals surface area (Å²) in [7, 11) is 1.68. The molecule has 110 valence electrons. The van der Waals surface area contributed by atoms with E-state index in [1.807, 2.05) is 12.1 Å². The molecule has 3 heterocycles. The first kappa shape index (κ1) is 12.7. The normalized spacial score (nSPS) is 23.8. The predicted molar refractivity (Wildman–Crippen MR) is 80.2 cm³/mol. The number of hydrogen-bond acceptors (Lipinski definition) is 3. The SMILES string of the molecule is COc1ccc2[nH]c3c(c2c1)CCN1C3C(=O)NC1(C)C. The molecule has 1 fully saturated rings. The third-order valence-electron chi connectivity index (χ3n) is 4.73. The zero-order valence-corrected chi connectivity index (χ0v) is 12.5. The highest BCUT2D eigenvalue weighted by atomic mass is 16.5. The number of nitrogens with one attached hydrogen (secondary N) is 2. The minimum Gasteiger partial charge on any atom is -0.497 e. The first-order valence-electron chi connectivity index (χ1n) is 7.28. The Morgan fingerprint density at radius 2 is 2.19 bits per heavy atom. The molecule has 2 aromatic rings. The summed E-state index contributed by atoms with van der Waals surface area (Å²) in [6.07, 6.45) is 0.942. The molecular formula is C16H19N3O2. The van der Waals surface area contributed by atoms with E-state index >= 15 is 0 Å². The molecule has 1 atom stereocenters. The molecule has 0 aliphatic carbocycles. The van der Waals surface area contributed by atoms with Gasteiger partial charge >= 0.3 is 0 Å². The number of hydrogen-bond donors (Lipinski definition) is 2. The number of benzene rings is 1. The Labute approximate surface area is 123 Å². The average molecular weight is 285 g/mol. The van der Waals surface area contributed by atoms with Gasteiger partial charge in [0, 0.05) is 23.1 Å². The van der Waals surface area contributed by atoms with Gasteiger partial charge in [-0.25, -0.2) is 0 Å². The smallest absolute Gasteiger partial charge is 0.244 e. The van der Waals surface area contributed by atoms with E-state index in [0.29, 0.717) is 0 Å². The summed E-state index contributed by atoms with van der Waals surface area (Å²) in [6.45, 7) is 5.00. The summed E-state index contributed by atoms with van der Waals surface area (Å²) in [5.41, 5.74) is 3.07. The molecule has 1 aromatic heterocycles. The molecule has 2 aliphatic rings. The molecule has 0 saturated carbocycles. The Balaban J connectivity index is 1.90. The second-order valence-electron chi connectivity index (χ2n) is 6.32. The number of amides is 1. The lowest BCUT2D eigenvalue weighted by molar-refractivity contribution is -0.121. The van der Waals surface area contributed by atoms with Crippen molar-refractivity contribution in [2.75, 3.05) is 13.7 Å². The zero-order chi connectivity index (χ0) is 14.8. The molecule has 5 heteroatoms. The second kappa shape index (κ2) is 4.01. The first-order valence-corrected chi connectivity index (χ1v) is 7.28. The number of rotatable bonds is 1. The van der Waals surface area contributed by atoms with E-state index in [4.69, 9.17) is 4.74 Å². The Bertz CT molecular complexity index is 747. The van der Waals surface area contributed by atoms with E-state index in [1.54, 1.807) is 7.11 Å². The molecule has 21 heavy (non-hydrogen) atoms. The van der Waals surface area contributed by atoms with E-state index in [1.165, 1.54) is 10.9 Å². The van der Waals surface area contributed by atoms with Crippen LogP contribution >= 0.6 is 0 Å². The van der Waals surface area contributed by atoms with Gasteiger partial charge in [-0.05, 0) is 44.0 Å². The Hall–Kier alpha value is -2.01. The van der Waals surface area contributed by atoms with Gasteiger partial charge in [-0.2, -0.15) is 0 Å². The molecule has 5 nitrogen and oxygen atoms in total. The summed E-state index contributed by atoms with van der Waals surface area (Å²) >= 11 is 0. The fourth-order valence-corrected chi connectivity index (χ4v) is 3.71. The van der Waals surface area contributed by atoms with Crippen LogP contribution in [0.4, 0.5) is 0 Å². The summed E-state index contributed by atoms with van der Waals surface area (Å²) < 4.78 is 5.32. The fraction of sp³-hybridized carbons (Fsp3) is 0.438. The molecule has 4 rings (SSSR count). The molecular weight excluding hydrogens is 266 g/mol. The lowest BCUT2D eigenvalue weighted by Gasteiger charge is -2.36. The monoisotopic (exact) mass is 285 g/mol. The van der Waals surface area contributed by atoms with Crippen LogP contribution in [0, 0.1) is 0 Å². The van der Waals surface area contributed by atoms with Crippen molar-refractivity contribution >= 4 is 16.8 Å². The minimum atomic E-state index is -0.283.